The number of hydrogen-bond donors (Lipinski definition) is 1. The third-order valence-electron chi connectivity index (χ3n) is 6.57. The van der Waals surface area contributed by atoms with Crippen molar-refractivity contribution in [3.8, 4) is 0 Å². The Kier molecular flexibility index (Phi) is 5.93. The Morgan fingerprint density at radius 1 is 1.12 bits per heavy atom. The highest BCUT2D eigenvalue weighted by Gasteiger charge is 2.42. The van der Waals surface area contributed by atoms with E-state index in [1.807, 2.05) is 18.2 Å². The van der Waals surface area contributed by atoms with Gasteiger partial charge in [-0.05, 0) is 60.5 Å². The summed E-state index contributed by atoms with van der Waals surface area (Å²) in [5.41, 5.74) is 1.57. The fourth-order valence-corrected chi connectivity index (χ4v) is 5.11. The predicted octanol–water partition coefficient (Wildman–Crippen LogP) is 5.14. The van der Waals surface area contributed by atoms with Gasteiger partial charge in [0.15, 0.2) is 0 Å². The number of furan rings is 1. The van der Waals surface area contributed by atoms with Gasteiger partial charge in [-0.25, -0.2) is 0 Å². The molecule has 1 N–H and O–H groups in total. The maximum Gasteiger partial charge on any atom is 0.416 e. The molecule has 9 heteroatoms. The van der Waals surface area contributed by atoms with Gasteiger partial charge >= 0.3 is 6.18 Å². The number of fused-ring (bicyclic) bond motifs is 3. The van der Waals surface area contributed by atoms with E-state index in [1.54, 1.807) is 18.2 Å². The standard InChI is InChI=1S/C25H23ClF3N3O2/c26-18-3-1-4-19(13-18)31-8-9-32-22-7-6-17(25(27,28)29)11-16(22)12-21(23(32)15-31)24(33)30-14-20-5-2-10-34-20/h1-7,10-11,13,21,23H,8-9,12,14-15H2,(H,30,33)/t21-,23-/m1/s1. The summed E-state index contributed by atoms with van der Waals surface area (Å²) < 4.78 is 45.4. The summed E-state index contributed by atoms with van der Waals surface area (Å²) in [5.74, 6) is -0.111. The average Bonchev–Trinajstić information content (AvgIpc) is 3.34. The second-order valence-electron chi connectivity index (χ2n) is 8.64. The summed E-state index contributed by atoms with van der Waals surface area (Å²) in [5, 5.41) is 3.53. The number of carbonyl (C=O) groups is 1. The van der Waals surface area contributed by atoms with Crippen LogP contribution in [0.15, 0.2) is 65.3 Å². The Balaban J connectivity index is 1.45. The molecule has 2 aliphatic rings. The molecule has 34 heavy (non-hydrogen) atoms. The van der Waals surface area contributed by atoms with Crippen molar-refractivity contribution in [1.82, 2.24) is 5.32 Å². The molecule has 0 spiro atoms. The van der Waals surface area contributed by atoms with Gasteiger partial charge in [-0.1, -0.05) is 17.7 Å². The van der Waals surface area contributed by atoms with E-state index in [0.29, 0.717) is 36.0 Å². The molecule has 2 aliphatic heterocycles. The van der Waals surface area contributed by atoms with Crippen molar-refractivity contribution in [2.24, 2.45) is 5.92 Å². The van der Waals surface area contributed by atoms with E-state index in [-0.39, 0.29) is 24.9 Å². The molecule has 5 nitrogen and oxygen atoms in total. The number of nitrogens with zero attached hydrogens (tertiary/aromatic N) is 2. The molecular formula is C25H23ClF3N3O2. The molecule has 2 atom stereocenters. The lowest BCUT2D eigenvalue weighted by molar-refractivity contribution is -0.137. The number of halogens is 4. The maximum absolute atomic E-state index is 13.4. The highest BCUT2D eigenvalue weighted by molar-refractivity contribution is 6.30. The summed E-state index contributed by atoms with van der Waals surface area (Å²) in [7, 11) is 0. The zero-order chi connectivity index (χ0) is 23.9. The molecule has 0 aliphatic carbocycles. The minimum absolute atomic E-state index is 0.200. The fourth-order valence-electron chi connectivity index (χ4n) is 4.93. The maximum atomic E-state index is 13.4. The molecule has 2 aromatic carbocycles. The van der Waals surface area contributed by atoms with Crippen LogP contribution in [0, 0.1) is 5.92 Å². The first kappa shape index (κ1) is 22.7. The lowest BCUT2D eigenvalue weighted by Gasteiger charge is -2.49. The van der Waals surface area contributed by atoms with Crippen molar-refractivity contribution in [2.45, 2.75) is 25.2 Å². The number of amides is 1. The fraction of sp³-hybridized carbons (Fsp3) is 0.320. The lowest BCUT2D eigenvalue weighted by Crippen LogP contribution is -2.61. The van der Waals surface area contributed by atoms with Crippen LogP contribution in [0.4, 0.5) is 24.5 Å². The van der Waals surface area contributed by atoms with E-state index < -0.39 is 17.7 Å². The number of hydrogen-bond acceptors (Lipinski definition) is 4. The summed E-state index contributed by atoms with van der Waals surface area (Å²) in [6.45, 7) is 2.03. The van der Waals surface area contributed by atoms with Crippen LogP contribution in [0.5, 0.6) is 0 Å². The minimum atomic E-state index is -4.44. The number of carbonyl (C=O) groups excluding carboxylic acids is 1. The van der Waals surface area contributed by atoms with Gasteiger partial charge in [-0.3, -0.25) is 4.79 Å². The minimum Gasteiger partial charge on any atom is -0.467 e. The molecule has 0 bridgehead atoms. The first-order valence-corrected chi connectivity index (χ1v) is 11.4. The third-order valence-corrected chi connectivity index (χ3v) is 6.80. The van der Waals surface area contributed by atoms with Crippen molar-refractivity contribution in [2.75, 3.05) is 29.4 Å². The van der Waals surface area contributed by atoms with Crippen molar-refractivity contribution in [3.05, 3.63) is 82.8 Å². The van der Waals surface area contributed by atoms with Crippen LogP contribution in [-0.2, 0) is 23.9 Å². The Morgan fingerprint density at radius 2 is 1.97 bits per heavy atom. The molecule has 1 saturated heterocycles. The normalized spacial score (nSPS) is 20.0. The molecule has 5 rings (SSSR count). The van der Waals surface area contributed by atoms with Crippen LogP contribution in [0.2, 0.25) is 5.02 Å². The quantitative estimate of drug-likeness (QED) is 0.551. The number of nitrogens with one attached hydrogen (secondary N) is 1. The summed E-state index contributed by atoms with van der Waals surface area (Å²) >= 11 is 6.19. The second-order valence-corrected chi connectivity index (χ2v) is 9.07. The molecule has 1 aromatic heterocycles. The summed E-state index contributed by atoms with van der Waals surface area (Å²) in [6.07, 6.45) is -2.68. The van der Waals surface area contributed by atoms with Gasteiger partial charge in [-0.15, -0.1) is 0 Å². The number of benzene rings is 2. The largest absolute Gasteiger partial charge is 0.467 e. The van der Waals surface area contributed by atoms with Crippen LogP contribution in [0.1, 0.15) is 16.9 Å². The number of anilines is 2. The highest BCUT2D eigenvalue weighted by Crippen LogP contribution is 2.40. The Morgan fingerprint density at radius 3 is 2.71 bits per heavy atom. The van der Waals surface area contributed by atoms with E-state index in [2.05, 4.69) is 15.1 Å². The Bertz CT molecular complexity index is 1180. The molecule has 0 radical (unpaired) electrons. The monoisotopic (exact) mass is 489 g/mol. The molecule has 1 amide bonds. The van der Waals surface area contributed by atoms with Crippen molar-refractivity contribution < 1.29 is 22.4 Å². The Labute approximate surface area is 200 Å². The molecule has 1 fully saturated rings. The van der Waals surface area contributed by atoms with Crippen LogP contribution < -0.4 is 15.1 Å². The predicted molar refractivity (Wildman–Crippen MR) is 124 cm³/mol. The van der Waals surface area contributed by atoms with Crippen molar-refractivity contribution >= 4 is 28.9 Å². The lowest BCUT2D eigenvalue weighted by atomic mass is 9.82. The van der Waals surface area contributed by atoms with E-state index in [1.165, 1.54) is 18.4 Å². The van der Waals surface area contributed by atoms with Crippen LogP contribution >= 0.6 is 11.6 Å². The van der Waals surface area contributed by atoms with Gasteiger partial charge in [0.2, 0.25) is 5.91 Å². The van der Waals surface area contributed by atoms with Gasteiger partial charge in [0.1, 0.15) is 5.76 Å². The van der Waals surface area contributed by atoms with Crippen LogP contribution in [-0.4, -0.2) is 31.6 Å². The van der Waals surface area contributed by atoms with Crippen LogP contribution in [0.25, 0.3) is 0 Å². The van der Waals surface area contributed by atoms with Gasteiger partial charge in [0.05, 0.1) is 30.3 Å². The van der Waals surface area contributed by atoms with Gasteiger partial charge < -0.3 is 19.5 Å². The van der Waals surface area contributed by atoms with E-state index in [9.17, 15) is 18.0 Å². The molecule has 0 unspecified atom stereocenters. The van der Waals surface area contributed by atoms with Gasteiger partial charge in [-0.2, -0.15) is 13.2 Å². The third kappa shape index (κ3) is 4.46. The van der Waals surface area contributed by atoms with Crippen molar-refractivity contribution in [3.63, 3.8) is 0 Å². The van der Waals surface area contributed by atoms with Gasteiger partial charge in [0, 0.05) is 36.0 Å². The highest BCUT2D eigenvalue weighted by atomic mass is 35.5. The first-order valence-electron chi connectivity index (χ1n) is 11.1. The molecule has 3 aromatic rings. The molecule has 0 saturated carbocycles. The zero-order valence-electron chi connectivity index (χ0n) is 18.2. The smallest absolute Gasteiger partial charge is 0.416 e. The van der Waals surface area contributed by atoms with E-state index >= 15 is 0 Å². The zero-order valence-corrected chi connectivity index (χ0v) is 18.9. The number of rotatable bonds is 4. The average molecular weight is 490 g/mol. The first-order chi connectivity index (χ1) is 16.3. The molecule has 3 heterocycles. The topological polar surface area (TPSA) is 48.7 Å². The number of piperazine rings is 1. The molecular weight excluding hydrogens is 467 g/mol. The Hall–Kier alpha value is -3.13. The number of alkyl halides is 3. The molecule has 178 valence electrons. The van der Waals surface area contributed by atoms with Crippen molar-refractivity contribution in [1.29, 1.82) is 0 Å². The SMILES string of the molecule is O=C(NCc1ccco1)[C@@H]1Cc2cc(C(F)(F)F)ccc2N2CCN(c3cccc(Cl)c3)C[C@H]12. The summed E-state index contributed by atoms with van der Waals surface area (Å²) in [4.78, 5) is 17.6. The van der Waals surface area contributed by atoms with Gasteiger partial charge in [0.25, 0.3) is 0 Å². The summed E-state index contributed by atoms with van der Waals surface area (Å²) in [6, 6.07) is 14.7. The van der Waals surface area contributed by atoms with Crippen LogP contribution in [0.3, 0.4) is 0 Å². The van der Waals surface area contributed by atoms with E-state index in [4.69, 9.17) is 16.0 Å². The second kappa shape index (κ2) is 8.91. The van der Waals surface area contributed by atoms with E-state index in [0.717, 1.165) is 17.4 Å².